The average molecular weight is 292 g/mol. The number of benzene rings is 1. The Morgan fingerprint density at radius 2 is 2.14 bits per heavy atom. The molecule has 1 saturated heterocycles. The molecule has 0 unspecified atom stereocenters. The number of piperidine rings is 1. The van der Waals surface area contributed by atoms with Gasteiger partial charge < -0.3 is 11.1 Å². The second kappa shape index (κ2) is 6.19. The number of amides is 1. The molecule has 0 aromatic heterocycles. The summed E-state index contributed by atoms with van der Waals surface area (Å²) in [5, 5.41) is 17.3. The molecule has 1 aliphatic rings. The molecule has 4 N–H and O–H groups in total. The molecule has 0 atom stereocenters. The van der Waals surface area contributed by atoms with Crippen molar-refractivity contribution >= 4 is 11.6 Å². The van der Waals surface area contributed by atoms with Crippen LogP contribution in [0.15, 0.2) is 18.2 Å². The first kappa shape index (κ1) is 15.4. The molecule has 1 aromatic rings. The van der Waals surface area contributed by atoms with Crippen LogP contribution in [0.2, 0.25) is 0 Å². The van der Waals surface area contributed by atoms with Crippen molar-refractivity contribution in [3.05, 3.63) is 39.4 Å². The Balaban J connectivity index is 2.12. The van der Waals surface area contributed by atoms with Gasteiger partial charge in [0.2, 0.25) is 5.91 Å². The molecule has 0 radical (unpaired) electrons. The van der Waals surface area contributed by atoms with Crippen LogP contribution in [0.4, 0.5) is 5.69 Å². The van der Waals surface area contributed by atoms with Gasteiger partial charge in [0.05, 0.1) is 4.92 Å². The Morgan fingerprint density at radius 3 is 2.71 bits per heavy atom. The van der Waals surface area contributed by atoms with Gasteiger partial charge in [-0.1, -0.05) is 12.1 Å². The van der Waals surface area contributed by atoms with E-state index in [1.165, 1.54) is 6.07 Å². The largest absolute Gasteiger partial charge is 0.368 e. The molecule has 2 rings (SSSR count). The summed E-state index contributed by atoms with van der Waals surface area (Å²) < 4.78 is 0. The average Bonchev–Trinajstić information content (AvgIpc) is 2.47. The third-order valence-electron chi connectivity index (χ3n) is 4.03. The number of primary amides is 1. The number of nitro groups is 1. The normalized spacial score (nSPS) is 17.4. The molecule has 1 amide bonds. The fraction of sp³-hybridized carbons (Fsp3) is 0.500. The number of hydrogen-bond donors (Lipinski definition) is 3. The zero-order valence-corrected chi connectivity index (χ0v) is 12.0. The summed E-state index contributed by atoms with van der Waals surface area (Å²) in [6.07, 6.45) is 1.24. The molecule has 0 saturated carbocycles. The third kappa shape index (κ3) is 3.37. The van der Waals surface area contributed by atoms with E-state index in [9.17, 15) is 14.9 Å². The van der Waals surface area contributed by atoms with Crippen LogP contribution < -0.4 is 16.4 Å². The quantitative estimate of drug-likeness (QED) is 0.543. The van der Waals surface area contributed by atoms with Crippen molar-refractivity contribution in [2.24, 2.45) is 5.73 Å². The molecule has 1 aliphatic heterocycles. The summed E-state index contributed by atoms with van der Waals surface area (Å²) in [6.45, 7) is 3.53. The lowest BCUT2D eigenvalue weighted by Gasteiger charge is -2.35. The van der Waals surface area contributed by atoms with E-state index in [4.69, 9.17) is 5.73 Å². The SMILES string of the molecule is Cc1ccc(CNC2(C(N)=O)CCNCC2)cc1[N+](=O)[O-]. The van der Waals surface area contributed by atoms with Crippen molar-refractivity contribution in [3.63, 3.8) is 0 Å². The second-order valence-electron chi connectivity index (χ2n) is 5.43. The number of hydrogen-bond acceptors (Lipinski definition) is 5. The van der Waals surface area contributed by atoms with E-state index in [-0.39, 0.29) is 11.6 Å². The highest BCUT2D eigenvalue weighted by Gasteiger charge is 2.37. The Hall–Kier alpha value is -1.99. The zero-order chi connectivity index (χ0) is 15.5. The summed E-state index contributed by atoms with van der Waals surface area (Å²) in [5.41, 5.74) is 6.28. The molecule has 114 valence electrons. The highest BCUT2D eigenvalue weighted by molar-refractivity contribution is 5.84. The summed E-state index contributed by atoms with van der Waals surface area (Å²) in [6, 6.07) is 5.08. The molecule has 21 heavy (non-hydrogen) atoms. The molecule has 0 spiro atoms. The first-order chi connectivity index (χ1) is 9.94. The van der Waals surface area contributed by atoms with E-state index < -0.39 is 10.5 Å². The first-order valence-electron chi connectivity index (χ1n) is 6.94. The van der Waals surface area contributed by atoms with Crippen molar-refractivity contribution in [3.8, 4) is 0 Å². The van der Waals surface area contributed by atoms with Gasteiger partial charge in [-0.15, -0.1) is 0 Å². The van der Waals surface area contributed by atoms with Gasteiger partial charge in [-0.3, -0.25) is 20.2 Å². The number of carbonyl (C=O) groups is 1. The summed E-state index contributed by atoms with van der Waals surface area (Å²) in [7, 11) is 0. The predicted octanol–water partition coefficient (Wildman–Crippen LogP) is 0.600. The van der Waals surface area contributed by atoms with Crippen LogP contribution in [0, 0.1) is 17.0 Å². The van der Waals surface area contributed by atoms with Gasteiger partial charge in [0.25, 0.3) is 5.69 Å². The van der Waals surface area contributed by atoms with Crippen LogP contribution in [0.1, 0.15) is 24.0 Å². The molecule has 0 aliphatic carbocycles. The van der Waals surface area contributed by atoms with Gasteiger partial charge in [0.15, 0.2) is 0 Å². The Kier molecular flexibility index (Phi) is 4.54. The number of nitrogens with two attached hydrogens (primary N) is 1. The second-order valence-corrected chi connectivity index (χ2v) is 5.43. The van der Waals surface area contributed by atoms with Crippen LogP contribution in [0.25, 0.3) is 0 Å². The first-order valence-corrected chi connectivity index (χ1v) is 6.94. The van der Waals surface area contributed by atoms with Gasteiger partial charge in [-0.2, -0.15) is 0 Å². The molecule has 7 nitrogen and oxygen atoms in total. The number of aryl methyl sites for hydroxylation is 1. The summed E-state index contributed by atoms with van der Waals surface area (Å²) in [5.74, 6) is -0.370. The standard InChI is InChI=1S/C14H20N4O3/c1-10-2-3-11(8-12(10)18(20)21)9-17-14(13(15)19)4-6-16-7-5-14/h2-3,8,16-17H,4-7,9H2,1H3,(H2,15,19). The van der Waals surface area contributed by atoms with Crippen molar-refractivity contribution in [1.82, 2.24) is 10.6 Å². The van der Waals surface area contributed by atoms with Crippen LogP contribution in [-0.2, 0) is 11.3 Å². The minimum atomic E-state index is -0.731. The maximum atomic E-state index is 11.8. The van der Waals surface area contributed by atoms with Crippen molar-refractivity contribution in [1.29, 1.82) is 0 Å². The van der Waals surface area contributed by atoms with Gasteiger partial charge in [-0.25, -0.2) is 0 Å². The lowest BCUT2D eigenvalue weighted by atomic mass is 9.87. The van der Waals surface area contributed by atoms with Crippen molar-refractivity contribution < 1.29 is 9.72 Å². The minimum Gasteiger partial charge on any atom is -0.368 e. The molecule has 7 heteroatoms. The molecule has 1 heterocycles. The summed E-state index contributed by atoms with van der Waals surface area (Å²) in [4.78, 5) is 22.3. The smallest absolute Gasteiger partial charge is 0.272 e. The molecular weight excluding hydrogens is 272 g/mol. The molecule has 1 aromatic carbocycles. The monoisotopic (exact) mass is 292 g/mol. The topological polar surface area (TPSA) is 110 Å². The number of nitro benzene ring substituents is 1. The van der Waals surface area contributed by atoms with Crippen LogP contribution in [0.3, 0.4) is 0 Å². The number of nitrogens with one attached hydrogen (secondary N) is 2. The van der Waals surface area contributed by atoms with Gasteiger partial charge in [0, 0.05) is 18.2 Å². The maximum Gasteiger partial charge on any atom is 0.272 e. The van der Waals surface area contributed by atoms with Gasteiger partial charge >= 0.3 is 0 Å². The third-order valence-corrected chi connectivity index (χ3v) is 4.03. The molecule has 0 bridgehead atoms. The fourth-order valence-corrected chi connectivity index (χ4v) is 2.60. The van der Waals surface area contributed by atoms with Gasteiger partial charge in [0.1, 0.15) is 5.54 Å². The fourth-order valence-electron chi connectivity index (χ4n) is 2.60. The Bertz CT molecular complexity index is 553. The van der Waals surface area contributed by atoms with Crippen molar-refractivity contribution in [2.45, 2.75) is 31.8 Å². The number of carbonyl (C=O) groups excluding carboxylic acids is 1. The minimum absolute atomic E-state index is 0.0905. The van der Waals surface area contributed by atoms with E-state index in [2.05, 4.69) is 10.6 Å². The maximum absolute atomic E-state index is 11.8. The van der Waals surface area contributed by atoms with Crippen LogP contribution in [-0.4, -0.2) is 29.5 Å². The van der Waals surface area contributed by atoms with Crippen molar-refractivity contribution in [2.75, 3.05) is 13.1 Å². The van der Waals surface area contributed by atoms with Crippen LogP contribution in [0.5, 0.6) is 0 Å². The van der Waals surface area contributed by atoms with E-state index in [0.717, 1.165) is 18.7 Å². The van der Waals surface area contributed by atoms with Crippen LogP contribution >= 0.6 is 0 Å². The predicted molar refractivity (Wildman–Crippen MR) is 78.7 cm³/mol. The van der Waals surface area contributed by atoms with Gasteiger partial charge in [-0.05, 0) is 38.4 Å². The van der Waals surface area contributed by atoms with E-state index in [0.29, 0.717) is 24.9 Å². The highest BCUT2D eigenvalue weighted by atomic mass is 16.6. The molecular formula is C14H20N4O3. The summed E-state index contributed by atoms with van der Waals surface area (Å²) >= 11 is 0. The van der Waals surface area contributed by atoms with E-state index in [1.54, 1.807) is 13.0 Å². The lowest BCUT2D eigenvalue weighted by Crippen LogP contribution is -2.60. The molecule has 1 fully saturated rings. The Morgan fingerprint density at radius 1 is 1.48 bits per heavy atom. The highest BCUT2D eigenvalue weighted by Crippen LogP contribution is 2.22. The number of rotatable bonds is 5. The number of nitrogens with zero attached hydrogens (tertiary/aromatic N) is 1. The zero-order valence-electron chi connectivity index (χ0n) is 12.0. The Labute approximate surface area is 123 Å². The lowest BCUT2D eigenvalue weighted by molar-refractivity contribution is -0.385. The van der Waals surface area contributed by atoms with E-state index in [1.807, 2.05) is 6.07 Å². The van der Waals surface area contributed by atoms with E-state index >= 15 is 0 Å².